The summed E-state index contributed by atoms with van der Waals surface area (Å²) in [6.07, 6.45) is 0.414. The van der Waals surface area contributed by atoms with E-state index in [-0.39, 0.29) is 17.4 Å². The van der Waals surface area contributed by atoms with Crippen LogP contribution in [0.2, 0.25) is 0 Å². The largest absolute Gasteiger partial charge is 0.350 e. The van der Waals surface area contributed by atoms with Gasteiger partial charge in [0.25, 0.3) is 5.91 Å². The minimum Gasteiger partial charge on any atom is -0.350 e. The number of halogens is 1. The Morgan fingerprint density at radius 1 is 1.04 bits per heavy atom. The summed E-state index contributed by atoms with van der Waals surface area (Å²) in [7, 11) is 0. The zero-order chi connectivity index (χ0) is 19.2. The summed E-state index contributed by atoms with van der Waals surface area (Å²) >= 11 is 0. The van der Waals surface area contributed by atoms with Gasteiger partial charge < -0.3 is 10.6 Å². The highest BCUT2D eigenvalue weighted by atomic mass is 19.1. The number of carbonyl (C=O) groups excluding carboxylic acids is 1. The van der Waals surface area contributed by atoms with Gasteiger partial charge in [-0.05, 0) is 44.0 Å². The van der Waals surface area contributed by atoms with Crippen LogP contribution in [0.15, 0.2) is 54.6 Å². The van der Waals surface area contributed by atoms with E-state index in [1.165, 1.54) is 6.07 Å². The van der Waals surface area contributed by atoms with Gasteiger partial charge in [-0.1, -0.05) is 35.9 Å². The summed E-state index contributed by atoms with van der Waals surface area (Å²) in [5.41, 5.74) is 2.88. The Morgan fingerprint density at radius 2 is 1.78 bits per heavy atom. The highest BCUT2D eigenvalue weighted by molar-refractivity contribution is 5.93. The van der Waals surface area contributed by atoms with E-state index in [4.69, 9.17) is 0 Å². The molecule has 0 atom stereocenters. The fourth-order valence-corrected chi connectivity index (χ4v) is 2.64. The van der Waals surface area contributed by atoms with Gasteiger partial charge in [0.1, 0.15) is 23.2 Å². The predicted octanol–water partition coefficient (Wildman–Crippen LogP) is 3.95. The summed E-state index contributed by atoms with van der Waals surface area (Å²) in [6.45, 7) is 4.07. The van der Waals surface area contributed by atoms with Crippen molar-refractivity contribution < 1.29 is 9.18 Å². The lowest BCUT2D eigenvalue weighted by Gasteiger charge is -2.10. The maximum absolute atomic E-state index is 13.6. The van der Waals surface area contributed by atoms with Gasteiger partial charge in [-0.15, -0.1) is 0 Å². The number of rotatable bonds is 6. The number of nitrogens with one attached hydrogen (secondary N) is 2. The Balaban J connectivity index is 1.65. The molecule has 138 valence electrons. The van der Waals surface area contributed by atoms with Crippen LogP contribution in [0.1, 0.15) is 27.4 Å². The first-order valence-corrected chi connectivity index (χ1v) is 8.72. The number of aromatic nitrogens is 2. The maximum atomic E-state index is 13.6. The quantitative estimate of drug-likeness (QED) is 0.695. The Morgan fingerprint density at radius 3 is 2.52 bits per heavy atom. The molecule has 0 spiro atoms. The van der Waals surface area contributed by atoms with Crippen LogP contribution in [0, 0.1) is 19.7 Å². The van der Waals surface area contributed by atoms with Crippen molar-refractivity contribution in [2.45, 2.75) is 20.3 Å². The molecule has 1 aromatic heterocycles. The first-order chi connectivity index (χ1) is 13.0. The third-order valence-electron chi connectivity index (χ3n) is 4.03. The number of carbonyl (C=O) groups is 1. The average Bonchev–Trinajstić information content (AvgIpc) is 2.64. The lowest BCUT2D eigenvalue weighted by atomic mass is 10.1. The van der Waals surface area contributed by atoms with Crippen LogP contribution >= 0.6 is 0 Å². The summed E-state index contributed by atoms with van der Waals surface area (Å²) in [4.78, 5) is 20.9. The van der Waals surface area contributed by atoms with Crippen molar-refractivity contribution in [3.05, 3.63) is 83.1 Å². The van der Waals surface area contributed by atoms with Gasteiger partial charge in [0.05, 0.1) is 0 Å². The molecule has 0 fully saturated rings. The van der Waals surface area contributed by atoms with Gasteiger partial charge in [0.15, 0.2) is 0 Å². The van der Waals surface area contributed by atoms with E-state index >= 15 is 0 Å². The summed E-state index contributed by atoms with van der Waals surface area (Å²) in [6, 6.07) is 16.0. The molecule has 1 heterocycles. The van der Waals surface area contributed by atoms with Gasteiger partial charge in [-0.2, -0.15) is 0 Å². The van der Waals surface area contributed by atoms with Crippen LogP contribution in [0.3, 0.4) is 0 Å². The second-order valence-electron chi connectivity index (χ2n) is 6.27. The number of hydrogen-bond donors (Lipinski definition) is 2. The Bertz CT molecular complexity index is 941. The minimum absolute atomic E-state index is 0.269. The van der Waals surface area contributed by atoms with E-state index in [0.717, 1.165) is 11.3 Å². The molecule has 0 saturated carbocycles. The molecule has 2 aromatic carbocycles. The van der Waals surface area contributed by atoms with Crippen LogP contribution in [0.5, 0.6) is 0 Å². The molecular weight excluding hydrogens is 343 g/mol. The Labute approximate surface area is 157 Å². The molecule has 0 saturated heterocycles. The maximum Gasteiger partial charge on any atom is 0.270 e. The first-order valence-electron chi connectivity index (χ1n) is 8.72. The molecule has 0 unspecified atom stereocenters. The number of hydrogen-bond acceptors (Lipinski definition) is 4. The SMILES string of the molecule is Cc1ccc(Nc2cc(C(=O)NCCc3ccccc3F)nc(C)n2)cc1. The molecule has 3 aromatic rings. The van der Waals surface area contributed by atoms with Gasteiger partial charge in [0.2, 0.25) is 0 Å². The molecule has 0 aliphatic rings. The fourth-order valence-electron chi connectivity index (χ4n) is 2.64. The first kappa shape index (κ1) is 18.5. The molecule has 0 bridgehead atoms. The van der Waals surface area contributed by atoms with E-state index in [9.17, 15) is 9.18 Å². The number of anilines is 2. The van der Waals surface area contributed by atoms with Crippen molar-refractivity contribution in [3.8, 4) is 0 Å². The summed E-state index contributed by atoms with van der Waals surface area (Å²) in [5.74, 6) is 0.454. The van der Waals surface area contributed by atoms with E-state index in [1.807, 2.05) is 31.2 Å². The van der Waals surface area contributed by atoms with E-state index in [1.54, 1.807) is 31.2 Å². The molecule has 6 heteroatoms. The zero-order valence-electron chi connectivity index (χ0n) is 15.3. The predicted molar refractivity (Wildman–Crippen MR) is 104 cm³/mol. The van der Waals surface area contributed by atoms with Crippen LogP contribution < -0.4 is 10.6 Å². The number of benzene rings is 2. The van der Waals surface area contributed by atoms with Crippen LogP contribution in [0.4, 0.5) is 15.9 Å². The van der Waals surface area contributed by atoms with Crippen molar-refractivity contribution >= 4 is 17.4 Å². The number of aryl methyl sites for hydroxylation is 2. The molecule has 1 amide bonds. The molecule has 0 aliphatic heterocycles. The van der Waals surface area contributed by atoms with Crippen molar-refractivity contribution in [2.24, 2.45) is 0 Å². The second-order valence-corrected chi connectivity index (χ2v) is 6.27. The lowest BCUT2D eigenvalue weighted by molar-refractivity contribution is 0.0948. The molecule has 0 radical (unpaired) electrons. The van der Waals surface area contributed by atoms with Crippen LogP contribution in [-0.2, 0) is 6.42 Å². The second kappa shape index (κ2) is 8.40. The number of amides is 1. The fraction of sp³-hybridized carbons (Fsp3) is 0.190. The Kier molecular flexibility index (Phi) is 5.76. The van der Waals surface area contributed by atoms with E-state index in [0.29, 0.717) is 30.2 Å². The van der Waals surface area contributed by atoms with Gasteiger partial charge in [-0.25, -0.2) is 14.4 Å². The van der Waals surface area contributed by atoms with Crippen molar-refractivity contribution in [1.82, 2.24) is 15.3 Å². The lowest BCUT2D eigenvalue weighted by Crippen LogP contribution is -2.27. The van der Waals surface area contributed by atoms with Crippen molar-refractivity contribution in [2.75, 3.05) is 11.9 Å². The molecule has 27 heavy (non-hydrogen) atoms. The summed E-state index contributed by atoms with van der Waals surface area (Å²) in [5, 5.41) is 5.95. The topological polar surface area (TPSA) is 66.9 Å². The van der Waals surface area contributed by atoms with Gasteiger partial charge in [0, 0.05) is 18.3 Å². The van der Waals surface area contributed by atoms with Gasteiger partial charge >= 0.3 is 0 Å². The molecule has 3 rings (SSSR count). The third-order valence-corrected chi connectivity index (χ3v) is 4.03. The highest BCUT2D eigenvalue weighted by Gasteiger charge is 2.11. The monoisotopic (exact) mass is 364 g/mol. The van der Waals surface area contributed by atoms with E-state index in [2.05, 4.69) is 20.6 Å². The average molecular weight is 364 g/mol. The molecule has 5 nitrogen and oxygen atoms in total. The molecular formula is C21H21FN4O. The standard InChI is InChI=1S/C21H21FN4O/c1-14-7-9-17(10-8-14)26-20-13-19(24-15(2)25-20)21(27)23-12-11-16-5-3-4-6-18(16)22/h3-10,13H,11-12H2,1-2H3,(H,23,27)(H,24,25,26). The molecule has 2 N–H and O–H groups in total. The summed E-state index contributed by atoms with van der Waals surface area (Å²) < 4.78 is 13.6. The van der Waals surface area contributed by atoms with Crippen molar-refractivity contribution in [3.63, 3.8) is 0 Å². The number of nitrogens with zero attached hydrogens (tertiary/aromatic N) is 2. The van der Waals surface area contributed by atoms with Crippen LogP contribution in [0.25, 0.3) is 0 Å². The normalized spacial score (nSPS) is 10.5. The van der Waals surface area contributed by atoms with E-state index < -0.39 is 0 Å². The zero-order valence-corrected chi connectivity index (χ0v) is 15.3. The van der Waals surface area contributed by atoms with Crippen molar-refractivity contribution in [1.29, 1.82) is 0 Å². The highest BCUT2D eigenvalue weighted by Crippen LogP contribution is 2.16. The van der Waals surface area contributed by atoms with Crippen LogP contribution in [-0.4, -0.2) is 22.4 Å². The Hall–Kier alpha value is -3.28. The minimum atomic E-state index is -0.316. The van der Waals surface area contributed by atoms with Gasteiger partial charge in [-0.3, -0.25) is 4.79 Å². The smallest absolute Gasteiger partial charge is 0.270 e. The third kappa shape index (κ3) is 5.10. The molecule has 0 aliphatic carbocycles.